The number of rotatable bonds is 4. The van der Waals surface area contributed by atoms with E-state index in [1.165, 1.54) is 7.11 Å². The molecule has 0 aromatic heterocycles. The minimum atomic E-state index is -1.10. The van der Waals surface area contributed by atoms with Gasteiger partial charge in [0.2, 0.25) is 0 Å². The Morgan fingerprint density at radius 3 is 2.82 bits per heavy atom. The van der Waals surface area contributed by atoms with Crippen molar-refractivity contribution < 1.29 is 14.6 Å². The second kappa shape index (κ2) is 5.45. The minimum Gasteiger partial charge on any atom is -0.478 e. The van der Waals surface area contributed by atoms with Gasteiger partial charge in [-0.25, -0.2) is 4.79 Å². The molecule has 0 unspecified atom stereocenters. The van der Waals surface area contributed by atoms with Crippen LogP contribution >= 0.6 is 0 Å². The third kappa shape index (κ3) is 5.12. The van der Waals surface area contributed by atoms with Crippen LogP contribution in [-0.2, 0) is 9.53 Å². The van der Waals surface area contributed by atoms with E-state index in [4.69, 9.17) is 10.4 Å². The van der Waals surface area contributed by atoms with E-state index in [1.807, 2.05) is 0 Å². The van der Waals surface area contributed by atoms with Crippen LogP contribution in [0.5, 0.6) is 0 Å². The van der Waals surface area contributed by atoms with Gasteiger partial charge >= 0.3 is 5.97 Å². The van der Waals surface area contributed by atoms with Crippen molar-refractivity contribution in [1.82, 2.24) is 0 Å². The number of nitriles is 1. The molecule has 4 heteroatoms. The maximum absolute atomic E-state index is 10.1. The van der Waals surface area contributed by atoms with Crippen LogP contribution in [0.15, 0.2) is 11.6 Å². The first kappa shape index (κ1) is 9.66. The number of nitrogens with zero attached hydrogens (tertiary/aromatic N) is 1. The standard InChI is InChI=1S/C7H9NO3/c1-11-3-2-6(5-8)4-7(9)10/h4H,2-3H2,1H3,(H,9,10). The Morgan fingerprint density at radius 2 is 2.45 bits per heavy atom. The predicted octanol–water partition coefficient (Wildman–Crippen LogP) is 0.557. The van der Waals surface area contributed by atoms with E-state index >= 15 is 0 Å². The molecule has 0 aliphatic rings. The van der Waals surface area contributed by atoms with Gasteiger partial charge in [-0.3, -0.25) is 0 Å². The number of hydrogen-bond acceptors (Lipinski definition) is 3. The van der Waals surface area contributed by atoms with Gasteiger partial charge in [-0.15, -0.1) is 0 Å². The normalized spacial score (nSPS) is 10.7. The third-order valence-electron chi connectivity index (χ3n) is 1.02. The van der Waals surface area contributed by atoms with Gasteiger partial charge in [-0.1, -0.05) is 0 Å². The van der Waals surface area contributed by atoms with Gasteiger partial charge in [0.1, 0.15) is 0 Å². The molecule has 0 saturated carbocycles. The zero-order valence-corrected chi connectivity index (χ0v) is 6.20. The molecule has 1 N–H and O–H groups in total. The number of aliphatic carboxylic acids is 1. The fourth-order valence-electron chi connectivity index (χ4n) is 0.521. The first-order chi connectivity index (χ1) is 5.20. The van der Waals surface area contributed by atoms with Gasteiger partial charge in [0.05, 0.1) is 12.7 Å². The molecule has 0 aromatic rings. The van der Waals surface area contributed by atoms with Crippen LogP contribution in [0.1, 0.15) is 6.42 Å². The lowest BCUT2D eigenvalue weighted by molar-refractivity contribution is -0.131. The van der Waals surface area contributed by atoms with Gasteiger partial charge in [-0.05, 0) is 0 Å². The number of hydrogen-bond donors (Lipinski definition) is 1. The number of carboxylic acid groups (broad SMARTS) is 1. The number of methoxy groups -OCH3 is 1. The third-order valence-corrected chi connectivity index (χ3v) is 1.02. The Bertz CT molecular complexity index is 202. The van der Waals surface area contributed by atoms with Crippen molar-refractivity contribution in [2.75, 3.05) is 13.7 Å². The first-order valence-electron chi connectivity index (χ1n) is 3.03. The van der Waals surface area contributed by atoms with Crippen LogP contribution in [0, 0.1) is 11.3 Å². The summed E-state index contributed by atoms with van der Waals surface area (Å²) in [7, 11) is 1.50. The maximum Gasteiger partial charge on any atom is 0.329 e. The summed E-state index contributed by atoms with van der Waals surface area (Å²) in [6, 6.07) is 1.77. The van der Waals surface area contributed by atoms with Crippen molar-refractivity contribution in [3.8, 4) is 6.07 Å². The zero-order chi connectivity index (χ0) is 8.69. The molecule has 0 rings (SSSR count). The molecule has 0 amide bonds. The number of carboxylic acids is 1. The molecule has 0 aliphatic carbocycles. The van der Waals surface area contributed by atoms with E-state index < -0.39 is 5.97 Å². The fraction of sp³-hybridized carbons (Fsp3) is 0.429. The summed E-state index contributed by atoms with van der Waals surface area (Å²) in [6.07, 6.45) is 1.23. The SMILES string of the molecule is COCCC(C#N)=CC(=O)O. The maximum atomic E-state index is 10.1. The monoisotopic (exact) mass is 155 g/mol. The predicted molar refractivity (Wildman–Crippen MR) is 37.8 cm³/mol. The van der Waals surface area contributed by atoms with E-state index in [-0.39, 0.29) is 5.57 Å². The van der Waals surface area contributed by atoms with Crippen LogP contribution < -0.4 is 0 Å². The molecule has 0 aliphatic heterocycles. The second-order valence-corrected chi connectivity index (χ2v) is 1.86. The van der Waals surface area contributed by atoms with Crippen molar-refractivity contribution >= 4 is 5.97 Å². The lowest BCUT2D eigenvalue weighted by Crippen LogP contribution is -1.95. The second-order valence-electron chi connectivity index (χ2n) is 1.86. The van der Waals surface area contributed by atoms with Gasteiger partial charge in [0, 0.05) is 25.2 Å². The summed E-state index contributed by atoms with van der Waals surface area (Å²) in [4.78, 5) is 10.1. The van der Waals surface area contributed by atoms with Gasteiger partial charge < -0.3 is 9.84 Å². The molecule has 0 heterocycles. The molecule has 0 spiro atoms. The van der Waals surface area contributed by atoms with E-state index in [0.29, 0.717) is 13.0 Å². The number of carbonyl (C=O) groups is 1. The highest BCUT2D eigenvalue weighted by Gasteiger charge is 1.97. The summed E-state index contributed by atoms with van der Waals surface area (Å²) in [5, 5.41) is 16.6. The van der Waals surface area contributed by atoms with Crippen LogP contribution in [-0.4, -0.2) is 24.8 Å². The fourth-order valence-corrected chi connectivity index (χ4v) is 0.521. The molecular formula is C7H9NO3. The topological polar surface area (TPSA) is 70.3 Å². The van der Waals surface area contributed by atoms with Crippen molar-refractivity contribution in [2.24, 2.45) is 0 Å². The molecule has 0 atom stereocenters. The molecule has 0 radical (unpaired) electrons. The summed E-state index contributed by atoms with van der Waals surface area (Å²) < 4.78 is 4.67. The quantitative estimate of drug-likeness (QED) is 0.475. The average Bonchev–Trinajstić information content (AvgIpc) is 1.97. The molecule has 0 fully saturated rings. The zero-order valence-electron chi connectivity index (χ0n) is 6.20. The highest BCUT2D eigenvalue weighted by atomic mass is 16.5. The molecule has 60 valence electrons. The Labute approximate surface area is 64.7 Å². The van der Waals surface area contributed by atoms with Crippen LogP contribution in [0.25, 0.3) is 0 Å². The van der Waals surface area contributed by atoms with Crippen molar-refractivity contribution in [3.05, 3.63) is 11.6 Å². The smallest absolute Gasteiger partial charge is 0.329 e. The van der Waals surface area contributed by atoms with Crippen LogP contribution in [0.3, 0.4) is 0 Å². The Balaban J connectivity index is 3.98. The lowest BCUT2D eigenvalue weighted by atomic mass is 10.2. The van der Waals surface area contributed by atoms with Gasteiger partial charge in [0.15, 0.2) is 0 Å². The molecule has 0 aromatic carbocycles. The highest BCUT2D eigenvalue weighted by Crippen LogP contribution is 1.98. The van der Waals surface area contributed by atoms with Gasteiger partial charge in [-0.2, -0.15) is 5.26 Å². The molecular weight excluding hydrogens is 146 g/mol. The van der Waals surface area contributed by atoms with Gasteiger partial charge in [0.25, 0.3) is 0 Å². The van der Waals surface area contributed by atoms with E-state index in [1.54, 1.807) is 6.07 Å². The lowest BCUT2D eigenvalue weighted by Gasteiger charge is -1.94. The van der Waals surface area contributed by atoms with E-state index in [0.717, 1.165) is 6.08 Å². The average molecular weight is 155 g/mol. The summed E-state index contributed by atoms with van der Waals surface area (Å²) in [5.74, 6) is -1.10. The van der Waals surface area contributed by atoms with E-state index in [2.05, 4.69) is 4.74 Å². The molecule has 11 heavy (non-hydrogen) atoms. The Kier molecular flexibility index (Phi) is 4.78. The Morgan fingerprint density at radius 1 is 1.82 bits per heavy atom. The van der Waals surface area contributed by atoms with Crippen LogP contribution in [0.4, 0.5) is 0 Å². The molecule has 0 saturated heterocycles. The summed E-state index contributed by atoms with van der Waals surface area (Å²) in [6.45, 7) is 0.368. The molecule has 0 bridgehead atoms. The van der Waals surface area contributed by atoms with Crippen molar-refractivity contribution in [2.45, 2.75) is 6.42 Å². The van der Waals surface area contributed by atoms with E-state index in [9.17, 15) is 4.79 Å². The summed E-state index contributed by atoms with van der Waals surface area (Å²) >= 11 is 0. The van der Waals surface area contributed by atoms with Crippen LogP contribution in [0.2, 0.25) is 0 Å². The number of ether oxygens (including phenoxy) is 1. The largest absolute Gasteiger partial charge is 0.478 e. The Hall–Kier alpha value is -1.34. The summed E-state index contributed by atoms with van der Waals surface area (Å²) in [5.41, 5.74) is 0.222. The highest BCUT2D eigenvalue weighted by molar-refractivity contribution is 5.81. The first-order valence-corrected chi connectivity index (χ1v) is 3.03. The minimum absolute atomic E-state index is 0.222. The van der Waals surface area contributed by atoms with Crippen molar-refractivity contribution in [3.63, 3.8) is 0 Å². The molecule has 4 nitrogen and oxygen atoms in total. The van der Waals surface area contributed by atoms with Crippen molar-refractivity contribution in [1.29, 1.82) is 5.26 Å².